The number of aliphatic hydroxyl groups excluding tert-OH is 1. The van der Waals surface area contributed by atoms with Gasteiger partial charge in [-0.1, -0.05) is 319 Å². The Morgan fingerprint density at radius 3 is 0.763 bits per heavy atom. The Kier molecular flexibility index (Phi) is 62.2. The first-order chi connectivity index (χ1) is 44.6. The number of esters is 4. The van der Waals surface area contributed by atoms with Gasteiger partial charge in [0.1, 0.15) is 19.3 Å². The van der Waals surface area contributed by atoms with Gasteiger partial charge in [-0.2, -0.15) is 0 Å². The van der Waals surface area contributed by atoms with Gasteiger partial charge in [-0.15, -0.1) is 0 Å². The molecule has 93 heavy (non-hydrogen) atoms. The van der Waals surface area contributed by atoms with E-state index < -0.39 is 97.5 Å². The molecule has 0 heterocycles. The Balaban J connectivity index is 5.21. The number of carbonyl (C=O) groups excluding carboxylic acids is 4. The third-order valence-electron chi connectivity index (χ3n) is 17.4. The number of hydrogen-bond donors (Lipinski definition) is 3. The van der Waals surface area contributed by atoms with Crippen molar-refractivity contribution in [2.75, 3.05) is 39.6 Å². The topological polar surface area (TPSA) is 237 Å². The largest absolute Gasteiger partial charge is 0.472 e. The molecule has 0 saturated carbocycles. The van der Waals surface area contributed by atoms with Gasteiger partial charge < -0.3 is 33.8 Å². The molecule has 0 aromatic rings. The highest BCUT2D eigenvalue weighted by Gasteiger charge is 2.30. The van der Waals surface area contributed by atoms with Gasteiger partial charge in [0.25, 0.3) is 0 Å². The fourth-order valence-electron chi connectivity index (χ4n) is 11.2. The van der Waals surface area contributed by atoms with E-state index in [1.807, 2.05) is 0 Å². The number of phosphoric acid groups is 2. The first-order valence-corrected chi connectivity index (χ1v) is 41.2. The van der Waals surface area contributed by atoms with Crippen LogP contribution in [0.5, 0.6) is 0 Å². The summed E-state index contributed by atoms with van der Waals surface area (Å²) in [4.78, 5) is 72.7. The maximum atomic E-state index is 13.1. The summed E-state index contributed by atoms with van der Waals surface area (Å²) in [5.41, 5.74) is 0. The van der Waals surface area contributed by atoms with Crippen LogP contribution in [0.3, 0.4) is 0 Å². The molecule has 17 nitrogen and oxygen atoms in total. The van der Waals surface area contributed by atoms with Crippen molar-refractivity contribution in [3.63, 3.8) is 0 Å². The fourth-order valence-corrected chi connectivity index (χ4v) is 12.7. The standard InChI is InChI=1S/C74H144O17P2/c1-9-67(8)53-45-37-28-21-18-19-23-31-41-49-57-74(79)91-70(61-85-72(77)55-47-39-33-32-36-44-52-66(6)7)63-89-93(82,83)87-59-68(75)58-86-92(80,81)88-62-69(60-84-71(76)54-46-38-29-25-24-27-35-43-51-65(4)5)90-73(78)56-48-40-30-22-17-15-13-11-10-12-14-16-20-26-34-42-50-64(2)3/h64-70,75H,9-63H2,1-8H3,(H,80,81)(H,82,83)/t67?,68-,69-,70-/m1/s1. The second-order valence-electron chi connectivity index (χ2n) is 28.4. The van der Waals surface area contributed by atoms with Crippen LogP contribution in [0.15, 0.2) is 0 Å². The molecule has 6 atom stereocenters. The summed E-state index contributed by atoms with van der Waals surface area (Å²) >= 11 is 0. The molecule has 0 aromatic heterocycles. The highest BCUT2D eigenvalue weighted by atomic mass is 31.2. The third kappa shape index (κ3) is 67.0. The quantitative estimate of drug-likeness (QED) is 0.0222. The minimum Gasteiger partial charge on any atom is -0.462 e. The molecule has 0 aliphatic rings. The summed E-state index contributed by atoms with van der Waals surface area (Å²) < 4.78 is 68.4. The zero-order valence-electron chi connectivity index (χ0n) is 60.9. The molecule has 552 valence electrons. The van der Waals surface area contributed by atoms with Crippen LogP contribution >= 0.6 is 15.6 Å². The van der Waals surface area contributed by atoms with Gasteiger partial charge in [-0.25, -0.2) is 9.13 Å². The Labute approximate surface area is 568 Å². The van der Waals surface area contributed by atoms with Crippen molar-refractivity contribution >= 4 is 39.5 Å². The molecule has 3 unspecified atom stereocenters. The first-order valence-electron chi connectivity index (χ1n) is 38.2. The Hall–Kier alpha value is -1.94. The monoisotopic (exact) mass is 1370 g/mol. The van der Waals surface area contributed by atoms with Crippen LogP contribution in [0.1, 0.15) is 370 Å². The van der Waals surface area contributed by atoms with Gasteiger partial charge in [0.05, 0.1) is 26.4 Å². The molecular weight excluding hydrogens is 1220 g/mol. The Morgan fingerprint density at radius 2 is 0.516 bits per heavy atom. The van der Waals surface area contributed by atoms with E-state index in [9.17, 15) is 43.2 Å². The number of rotatable bonds is 71. The van der Waals surface area contributed by atoms with Gasteiger partial charge >= 0.3 is 39.5 Å². The lowest BCUT2D eigenvalue weighted by atomic mass is 9.99. The van der Waals surface area contributed by atoms with Gasteiger partial charge in [0.15, 0.2) is 12.2 Å². The van der Waals surface area contributed by atoms with Gasteiger partial charge in [0.2, 0.25) is 0 Å². The van der Waals surface area contributed by atoms with Gasteiger partial charge in [-0.3, -0.25) is 37.3 Å². The summed E-state index contributed by atoms with van der Waals surface area (Å²) in [6.45, 7) is 14.1. The first kappa shape index (κ1) is 91.1. The van der Waals surface area contributed by atoms with Crippen molar-refractivity contribution in [3.05, 3.63) is 0 Å². The smallest absolute Gasteiger partial charge is 0.462 e. The lowest BCUT2D eigenvalue weighted by Gasteiger charge is -2.21. The zero-order chi connectivity index (χ0) is 68.9. The molecule has 0 saturated heterocycles. The number of unbranched alkanes of at least 4 members (excludes halogenated alkanes) is 36. The highest BCUT2D eigenvalue weighted by molar-refractivity contribution is 7.47. The number of carbonyl (C=O) groups is 4. The lowest BCUT2D eigenvalue weighted by Crippen LogP contribution is -2.30. The molecule has 0 rings (SSSR count). The van der Waals surface area contributed by atoms with Gasteiger partial charge in [0, 0.05) is 25.7 Å². The number of phosphoric ester groups is 2. The van der Waals surface area contributed by atoms with Crippen molar-refractivity contribution in [3.8, 4) is 0 Å². The molecule has 0 aromatic carbocycles. The highest BCUT2D eigenvalue weighted by Crippen LogP contribution is 2.45. The van der Waals surface area contributed by atoms with E-state index >= 15 is 0 Å². The lowest BCUT2D eigenvalue weighted by molar-refractivity contribution is -0.161. The summed E-state index contributed by atoms with van der Waals surface area (Å²) in [6.07, 6.45) is 47.4. The van der Waals surface area contributed by atoms with Crippen molar-refractivity contribution in [2.24, 2.45) is 23.7 Å². The van der Waals surface area contributed by atoms with E-state index in [2.05, 4.69) is 55.4 Å². The zero-order valence-corrected chi connectivity index (χ0v) is 62.7. The molecule has 0 aliphatic heterocycles. The number of aliphatic hydroxyl groups is 1. The average Bonchev–Trinajstić information content (AvgIpc) is 3.63. The molecule has 19 heteroatoms. The molecule has 0 bridgehead atoms. The summed E-state index contributed by atoms with van der Waals surface area (Å²) in [5.74, 6) is 0.892. The molecule has 3 N–H and O–H groups in total. The van der Waals surface area contributed by atoms with Crippen LogP contribution in [0.25, 0.3) is 0 Å². The van der Waals surface area contributed by atoms with E-state index in [0.717, 1.165) is 114 Å². The van der Waals surface area contributed by atoms with Crippen molar-refractivity contribution < 1.29 is 80.2 Å². The van der Waals surface area contributed by atoms with E-state index in [-0.39, 0.29) is 25.7 Å². The van der Waals surface area contributed by atoms with E-state index in [1.165, 1.54) is 167 Å². The minimum absolute atomic E-state index is 0.105. The van der Waals surface area contributed by atoms with Crippen molar-refractivity contribution in [1.29, 1.82) is 0 Å². The Bertz CT molecular complexity index is 1840. The van der Waals surface area contributed by atoms with Crippen molar-refractivity contribution in [2.45, 2.75) is 388 Å². The summed E-state index contributed by atoms with van der Waals surface area (Å²) in [7, 11) is -9.91. The molecule has 0 amide bonds. The van der Waals surface area contributed by atoms with E-state index in [4.69, 9.17) is 37.0 Å². The molecule has 0 radical (unpaired) electrons. The van der Waals surface area contributed by atoms with Crippen LogP contribution in [0.2, 0.25) is 0 Å². The molecule has 0 spiro atoms. The Morgan fingerprint density at radius 1 is 0.301 bits per heavy atom. The number of ether oxygens (including phenoxy) is 4. The second kappa shape index (κ2) is 63.5. The van der Waals surface area contributed by atoms with Crippen LogP contribution < -0.4 is 0 Å². The van der Waals surface area contributed by atoms with Crippen LogP contribution in [-0.4, -0.2) is 96.7 Å². The molecule has 0 fully saturated rings. The maximum Gasteiger partial charge on any atom is 0.472 e. The summed E-state index contributed by atoms with van der Waals surface area (Å²) in [5, 5.41) is 10.6. The third-order valence-corrected chi connectivity index (χ3v) is 19.3. The van der Waals surface area contributed by atoms with Crippen LogP contribution in [0, 0.1) is 23.7 Å². The van der Waals surface area contributed by atoms with Crippen molar-refractivity contribution in [1.82, 2.24) is 0 Å². The predicted molar refractivity (Wildman–Crippen MR) is 377 cm³/mol. The van der Waals surface area contributed by atoms with Crippen LogP contribution in [0.4, 0.5) is 0 Å². The van der Waals surface area contributed by atoms with E-state index in [1.54, 1.807) is 0 Å². The van der Waals surface area contributed by atoms with Crippen LogP contribution in [-0.2, 0) is 65.4 Å². The average molecular weight is 1370 g/mol. The normalized spacial score (nSPS) is 14.5. The van der Waals surface area contributed by atoms with Gasteiger partial charge in [-0.05, 0) is 49.4 Å². The number of hydrogen-bond acceptors (Lipinski definition) is 15. The second-order valence-corrected chi connectivity index (χ2v) is 31.3. The maximum absolute atomic E-state index is 13.1. The predicted octanol–water partition coefficient (Wildman–Crippen LogP) is 21.3. The SMILES string of the molecule is CCC(C)CCCCCCCCCCCCC(=O)O[C@H](COC(=O)CCCCCCCCC(C)C)COP(=O)(O)OC[C@H](O)COP(=O)(O)OC[C@@H](COC(=O)CCCCCCCCCCC(C)C)OC(=O)CCCCCCCCCCCCCCCCCCC(C)C. The van der Waals surface area contributed by atoms with E-state index in [0.29, 0.717) is 31.6 Å². The minimum atomic E-state index is -4.96. The molecular formula is C74H144O17P2. The summed E-state index contributed by atoms with van der Waals surface area (Å²) in [6, 6.07) is 0. The molecule has 0 aliphatic carbocycles. The fraction of sp³-hybridized carbons (Fsp3) is 0.946.